The monoisotopic (exact) mass is 190 g/mol. The number of aryl methyl sites for hydroxylation is 1. The van der Waals surface area contributed by atoms with Gasteiger partial charge in [0.05, 0.1) is 11.4 Å². The van der Waals surface area contributed by atoms with E-state index < -0.39 is 0 Å². The van der Waals surface area contributed by atoms with Crippen molar-refractivity contribution in [3.63, 3.8) is 0 Å². The number of anilines is 2. The average molecular weight is 190 g/mol. The standard InChI is InChI=1S/C11H14N2O/c1-7-3-2-4-9(12)10(7)13-11(14)8-5-6-8/h2-4,8H,5-6,12H2,1H3,(H,13,14). The molecule has 14 heavy (non-hydrogen) atoms. The number of para-hydroxylation sites is 1. The Morgan fingerprint density at radius 3 is 2.79 bits per heavy atom. The van der Waals surface area contributed by atoms with Crippen LogP contribution in [0, 0.1) is 12.8 Å². The van der Waals surface area contributed by atoms with Gasteiger partial charge in [-0.3, -0.25) is 4.79 Å². The molecule has 0 spiro atoms. The Bertz CT molecular complexity index is 349. The summed E-state index contributed by atoms with van der Waals surface area (Å²) in [7, 11) is 0. The van der Waals surface area contributed by atoms with E-state index in [0.29, 0.717) is 5.69 Å². The van der Waals surface area contributed by atoms with E-state index in [0.717, 1.165) is 24.1 Å². The van der Waals surface area contributed by atoms with Crippen molar-refractivity contribution >= 4 is 17.3 Å². The van der Waals surface area contributed by atoms with Crippen LogP contribution < -0.4 is 11.1 Å². The summed E-state index contributed by atoms with van der Waals surface area (Å²) in [4.78, 5) is 11.5. The van der Waals surface area contributed by atoms with Gasteiger partial charge in [0.2, 0.25) is 5.91 Å². The molecule has 1 fully saturated rings. The van der Waals surface area contributed by atoms with Crippen molar-refractivity contribution in [3.05, 3.63) is 23.8 Å². The lowest BCUT2D eigenvalue weighted by molar-refractivity contribution is -0.117. The first-order valence-electron chi connectivity index (χ1n) is 4.84. The molecule has 0 saturated heterocycles. The number of hydrogen-bond acceptors (Lipinski definition) is 2. The van der Waals surface area contributed by atoms with Crippen molar-refractivity contribution < 1.29 is 4.79 Å². The zero-order valence-electron chi connectivity index (χ0n) is 8.21. The maximum Gasteiger partial charge on any atom is 0.227 e. The molecule has 1 aromatic rings. The third-order valence-corrected chi connectivity index (χ3v) is 2.50. The predicted molar refractivity (Wildman–Crippen MR) is 56.9 cm³/mol. The van der Waals surface area contributed by atoms with E-state index in [1.54, 1.807) is 6.07 Å². The zero-order chi connectivity index (χ0) is 10.1. The number of rotatable bonds is 2. The van der Waals surface area contributed by atoms with Gasteiger partial charge < -0.3 is 11.1 Å². The maximum absolute atomic E-state index is 11.5. The highest BCUT2D eigenvalue weighted by atomic mass is 16.2. The molecule has 1 aliphatic carbocycles. The Balaban J connectivity index is 2.18. The summed E-state index contributed by atoms with van der Waals surface area (Å²) in [5, 5.41) is 2.88. The molecule has 1 amide bonds. The molecule has 0 atom stereocenters. The largest absolute Gasteiger partial charge is 0.397 e. The van der Waals surface area contributed by atoms with Crippen molar-refractivity contribution in [2.75, 3.05) is 11.1 Å². The number of carbonyl (C=O) groups is 1. The number of nitrogens with one attached hydrogen (secondary N) is 1. The van der Waals surface area contributed by atoms with Gasteiger partial charge in [-0.15, -0.1) is 0 Å². The van der Waals surface area contributed by atoms with Crippen molar-refractivity contribution in [2.45, 2.75) is 19.8 Å². The fourth-order valence-electron chi connectivity index (χ4n) is 1.43. The minimum Gasteiger partial charge on any atom is -0.397 e. The molecule has 0 radical (unpaired) electrons. The summed E-state index contributed by atoms with van der Waals surface area (Å²) in [6, 6.07) is 5.63. The number of nitrogen functional groups attached to an aromatic ring is 1. The topological polar surface area (TPSA) is 55.1 Å². The minimum absolute atomic E-state index is 0.103. The van der Waals surface area contributed by atoms with Crippen LogP contribution in [0.5, 0.6) is 0 Å². The molecule has 3 nitrogen and oxygen atoms in total. The van der Waals surface area contributed by atoms with Gasteiger partial charge in [0.25, 0.3) is 0 Å². The Morgan fingerprint density at radius 1 is 1.50 bits per heavy atom. The minimum atomic E-state index is 0.103. The summed E-state index contributed by atoms with van der Waals surface area (Å²) in [6.07, 6.45) is 2.02. The molecule has 0 aliphatic heterocycles. The Morgan fingerprint density at radius 2 is 2.21 bits per heavy atom. The van der Waals surface area contributed by atoms with E-state index in [9.17, 15) is 4.79 Å². The highest BCUT2D eigenvalue weighted by Gasteiger charge is 2.30. The smallest absolute Gasteiger partial charge is 0.227 e. The number of amides is 1. The predicted octanol–water partition coefficient (Wildman–Crippen LogP) is 1.93. The van der Waals surface area contributed by atoms with Crippen LogP contribution in [0.4, 0.5) is 11.4 Å². The van der Waals surface area contributed by atoms with Gasteiger partial charge >= 0.3 is 0 Å². The number of carbonyl (C=O) groups excluding carboxylic acids is 1. The molecule has 1 saturated carbocycles. The lowest BCUT2D eigenvalue weighted by Crippen LogP contribution is -2.15. The molecular weight excluding hydrogens is 176 g/mol. The summed E-state index contributed by atoms with van der Waals surface area (Å²) < 4.78 is 0. The van der Waals surface area contributed by atoms with Crippen LogP contribution in [0.2, 0.25) is 0 Å². The molecule has 0 unspecified atom stereocenters. The second kappa shape index (κ2) is 3.33. The van der Waals surface area contributed by atoms with Gasteiger partial charge in [0.1, 0.15) is 0 Å². The summed E-state index contributed by atoms with van der Waals surface area (Å²) >= 11 is 0. The van der Waals surface area contributed by atoms with E-state index >= 15 is 0 Å². The third-order valence-electron chi connectivity index (χ3n) is 2.50. The van der Waals surface area contributed by atoms with Crippen LogP contribution in [0.3, 0.4) is 0 Å². The van der Waals surface area contributed by atoms with Crippen LogP contribution in [-0.2, 0) is 4.79 Å². The molecule has 0 heterocycles. The zero-order valence-corrected chi connectivity index (χ0v) is 8.21. The summed E-state index contributed by atoms with van der Waals surface area (Å²) in [5.41, 5.74) is 8.19. The molecule has 1 aromatic carbocycles. The molecule has 3 heteroatoms. The summed E-state index contributed by atoms with van der Waals surface area (Å²) in [6.45, 7) is 1.94. The molecular formula is C11H14N2O. The Kier molecular flexibility index (Phi) is 2.15. The molecule has 0 aromatic heterocycles. The maximum atomic E-state index is 11.5. The average Bonchev–Trinajstić information content (AvgIpc) is 2.94. The van der Waals surface area contributed by atoms with Gasteiger partial charge in [0, 0.05) is 5.92 Å². The van der Waals surface area contributed by atoms with Crippen molar-refractivity contribution in [3.8, 4) is 0 Å². The summed E-state index contributed by atoms with van der Waals surface area (Å²) in [5.74, 6) is 0.319. The van der Waals surface area contributed by atoms with Crippen LogP contribution in [0.1, 0.15) is 18.4 Å². The van der Waals surface area contributed by atoms with E-state index in [2.05, 4.69) is 5.32 Å². The van der Waals surface area contributed by atoms with E-state index in [1.807, 2.05) is 19.1 Å². The number of hydrogen-bond donors (Lipinski definition) is 2. The fraction of sp³-hybridized carbons (Fsp3) is 0.364. The first-order chi connectivity index (χ1) is 6.68. The van der Waals surface area contributed by atoms with Crippen molar-refractivity contribution in [2.24, 2.45) is 5.92 Å². The lowest BCUT2D eigenvalue weighted by atomic mass is 10.1. The van der Waals surface area contributed by atoms with Crippen LogP contribution in [0.15, 0.2) is 18.2 Å². The van der Waals surface area contributed by atoms with Crippen LogP contribution >= 0.6 is 0 Å². The van der Waals surface area contributed by atoms with Gasteiger partial charge in [-0.1, -0.05) is 12.1 Å². The SMILES string of the molecule is Cc1cccc(N)c1NC(=O)C1CC1. The molecule has 0 bridgehead atoms. The normalized spacial score (nSPS) is 15.2. The van der Waals surface area contributed by atoms with Crippen molar-refractivity contribution in [1.82, 2.24) is 0 Å². The Labute approximate surface area is 83.3 Å². The first-order valence-corrected chi connectivity index (χ1v) is 4.84. The van der Waals surface area contributed by atoms with Crippen LogP contribution in [0.25, 0.3) is 0 Å². The van der Waals surface area contributed by atoms with Gasteiger partial charge in [-0.25, -0.2) is 0 Å². The molecule has 2 rings (SSSR count). The van der Waals surface area contributed by atoms with Crippen molar-refractivity contribution in [1.29, 1.82) is 0 Å². The highest BCUT2D eigenvalue weighted by molar-refractivity contribution is 5.97. The van der Waals surface area contributed by atoms with Gasteiger partial charge in [0.15, 0.2) is 0 Å². The molecule has 1 aliphatic rings. The molecule has 3 N–H and O–H groups in total. The van der Waals surface area contributed by atoms with Crippen LogP contribution in [-0.4, -0.2) is 5.91 Å². The van der Waals surface area contributed by atoms with E-state index in [4.69, 9.17) is 5.73 Å². The number of benzene rings is 1. The highest BCUT2D eigenvalue weighted by Crippen LogP contribution is 2.31. The third kappa shape index (κ3) is 1.71. The fourth-order valence-corrected chi connectivity index (χ4v) is 1.43. The van der Waals surface area contributed by atoms with Gasteiger partial charge in [-0.05, 0) is 31.4 Å². The first kappa shape index (κ1) is 9.06. The quantitative estimate of drug-likeness (QED) is 0.700. The second-order valence-corrected chi connectivity index (χ2v) is 3.80. The lowest BCUT2D eigenvalue weighted by Gasteiger charge is -2.10. The molecule has 74 valence electrons. The Hall–Kier alpha value is -1.51. The second-order valence-electron chi connectivity index (χ2n) is 3.80. The van der Waals surface area contributed by atoms with E-state index in [-0.39, 0.29) is 11.8 Å². The number of nitrogens with two attached hydrogens (primary N) is 1. The van der Waals surface area contributed by atoms with E-state index in [1.165, 1.54) is 0 Å². The van der Waals surface area contributed by atoms with Gasteiger partial charge in [-0.2, -0.15) is 0 Å².